The van der Waals surface area contributed by atoms with Crippen molar-refractivity contribution in [1.82, 2.24) is 24.5 Å². The number of aromatic amines is 1. The number of nitrogens with zero attached hydrogens (tertiary/aromatic N) is 4. The summed E-state index contributed by atoms with van der Waals surface area (Å²) in [5, 5.41) is 4.61. The van der Waals surface area contributed by atoms with Crippen LogP contribution < -0.4 is 0 Å². The van der Waals surface area contributed by atoms with Crippen molar-refractivity contribution in [3.05, 3.63) is 53.4 Å². The number of aromatic nitrogens is 4. The van der Waals surface area contributed by atoms with Gasteiger partial charge in [0.15, 0.2) is 0 Å². The monoisotopic (exact) mass is 357 g/mol. The number of halogens is 2. The number of carbonyl (C=O) groups is 1. The van der Waals surface area contributed by atoms with Crippen LogP contribution in [-0.2, 0) is 11.2 Å². The number of pyridine rings is 1. The van der Waals surface area contributed by atoms with E-state index in [9.17, 15) is 13.6 Å². The van der Waals surface area contributed by atoms with Gasteiger partial charge in [-0.2, -0.15) is 5.10 Å². The Morgan fingerprint density at radius 1 is 1.42 bits per heavy atom. The van der Waals surface area contributed by atoms with E-state index in [0.29, 0.717) is 24.4 Å². The summed E-state index contributed by atoms with van der Waals surface area (Å²) in [5.74, 6) is -4.62. The molecule has 2 aliphatic rings. The maximum Gasteiger partial charge on any atom is 0.260 e. The molecule has 0 radical (unpaired) electrons. The third kappa shape index (κ3) is 2.17. The molecule has 0 unspecified atom stereocenters. The first-order valence-corrected chi connectivity index (χ1v) is 8.61. The third-order valence-corrected chi connectivity index (χ3v) is 5.34. The van der Waals surface area contributed by atoms with Crippen molar-refractivity contribution in [2.24, 2.45) is 5.92 Å². The van der Waals surface area contributed by atoms with Crippen LogP contribution in [0.4, 0.5) is 8.78 Å². The van der Waals surface area contributed by atoms with Crippen LogP contribution in [0, 0.1) is 12.8 Å². The Morgan fingerprint density at radius 2 is 2.23 bits per heavy atom. The summed E-state index contributed by atoms with van der Waals surface area (Å²) in [6.07, 6.45) is 3.62. The molecule has 1 aliphatic heterocycles. The van der Waals surface area contributed by atoms with Gasteiger partial charge in [-0.25, -0.2) is 18.3 Å². The number of H-pyrrole nitrogens is 1. The Morgan fingerprint density at radius 3 is 2.96 bits per heavy atom. The first-order valence-electron chi connectivity index (χ1n) is 8.61. The number of aryl methyl sites for hydroxylation is 1. The normalized spacial score (nSPS) is 23.9. The highest BCUT2D eigenvalue weighted by molar-refractivity contribution is 5.84. The molecule has 1 amide bonds. The molecule has 4 heterocycles. The zero-order valence-electron chi connectivity index (χ0n) is 14.1. The molecule has 8 heteroatoms. The van der Waals surface area contributed by atoms with Gasteiger partial charge in [-0.1, -0.05) is 6.07 Å². The molecule has 0 spiro atoms. The molecule has 0 bridgehead atoms. The van der Waals surface area contributed by atoms with Gasteiger partial charge in [-0.15, -0.1) is 0 Å². The zero-order valence-corrected chi connectivity index (χ0v) is 14.1. The summed E-state index contributed by atoms with van der Waals surface area (Å²) >= 11 is 0. The number of nitrogens with one attached hydrogen (secondary N) is 1. The number of rotatable bonds is 2. The number of fused-ring (bicyclic) bond motifs is 2. The fraction of sp³-hybridized carbons (Fsp3) is 0.389. The van der Waals surface area contributed by atoms with Gasteiger partial charge in [-0.3, -0.25) is 4.79 Å². The summed E-state index contributed by atoms with van der Waals surface area (Å²) in [5.41, 5.74) is 4.24. The quantitative estimate of drug-likeness (QED) is 0.766. The highest BCUT2D eigenvalue weighted by Crippen LogP contribution is 2.51. The summed E-state index contributed by atoms with van der Waals surface area (Å²) in [4.78, 5) is 21.7. The highest BCUT2D eigenvalue weighted by Gasteiger charge is 2.63. The molecule has 1 fully saturated rings. The van der Waals surface area contributed by atoms with E-state index in [1.165, 1.54) is 4.90 Å². The molecule has 134 valence electrons. The average Bonchev–Trinajstić information content (AvgIpc) is 2.99. The minimum atomic E-state index is -2.89. The maximum absolute atomic E-state index is 13.5. The van der Waals surface area contributed by atoms with Crippen molar-refractivity contribution in [1.29, 1.82) is 0 Å². The molecule has 26 heavy (non-hydrogen) atoms. The second kappa shape index (κ2) is 5.12. The minimum Gasteiger partial charge on any atom is -0.348 e. The molecule has 1 saturated carbocycles. The highest BCUT2D eigenvalue weighted by atomic mass is 19.3. The van der Waals surface area contributed by atoms with Gasteiger partial charge in [0.25, 0.3) is 5.92 Å². The molecule has 3 aromatic heterocycles. The van der Waals surface area contributed by atoms with Crippen molar-refractivity contribution in [2.45, 2.75) is 31.7 Å². The first kappa shape index (κ1) is 15.5. The fourth-order valence-electron chi connectivity index (χ4n) is 3.80. The number of amides is 1. The molecule has 6 nitrogen and oxygen atoms in total. The number of hydrogen-bond donors (Lipinski definition) is 1. The smallest absolute Gasteiger partial charge is 0.260 e. The summed E-state index contributed by atoms with van der Waals surface area (Å²) < 4.78 is 28.7. The Hall–Kier alpha value is -2.77. The van der Waals surface area contributed by atoms with E-state index < -0.39 is 23.8 Å². The van der Waals surface area contributed by atoms with E-state index in [2.05, 4.69) is 15.1 Å². The number of imidazole rings is 1. The van der Waals surface area contributed by atoms with Gasteiger partial charge in [0.2, 0.25) is 5.91 Å². The number of hydrogen-bond acceptors (Lipinski definition) is 3. The second-order valence-corrected chi connectivity index (χ2v) is 7.06. The lowest BCUT2D eigenvalue weighted by Crippen LogP contribution is -2.42. The van der Waals surface area contributed by atoms with Gasteiger partial charge >= 0.3 is 0 Å². The van der Waals surface area contributed by atoms with Crippen molar-refractivity contribution in [3.8, 4) is 0 Å². The third-order valence-electron chi connectivity index (χ3n) is 5.34. The van der Waals surface area contributed by atoms with Crippen LogP contribution >= 0.6 is 0 Å². The number of alkyl halides is 2. The fourth-order valence-corrected chi connectivity index (χ4v) is 3.80. The number of carbonyl (C=O) groups excluding carboxylic acids is 1. The van der Waals surface area contributed by atoms with Gasteiger partial charge in [0.05, 0.1) is 23.2 Å². The van der Waals surface area contributed by atoms with Gasteiger partial charge in [0.1, 0.15) is 12.0 Å². The molecular weight excluding hydrogens is 340 g/mol. The Kier molecular flexibility index (Phi) is 3.05. The molecule has 0 aromatic carbocycles. The van der Waals surface area contributed by atoms with Crippen LogP contribution in [0.3, 0.4) is 0 Å². The lowest BCUT2D eigenvalue weighted by atomic mass is 9.99. The van der Waals surface area contributed by atoms with Crippen molar-refractivity contribution >= 4 is 11.4 Å². The van der Waals surface area contributed by atoms with Crippen molar-refractivity contribution in [2.75, 3.05) is 6.54 Å². The molecule has 2 atom stereocenters. The van der Waals surface area contributed by atoms with Crippen LogP contribution in [0.1, 0.15) is 35.1 Å². The Bertz CT molecular complexity index is 1020. The SMILES string of the molecule is Cc1cccn2nc([C@H]3c4nc[nH]c4CCN3C(=O)[C@H]3CC3(F)F)cc12. The van der Waals surface area contributed by atoms with Crippen LogP contribution in [0.25, 0.3) is 5.52 Å². The molecule has 3 aromatic rings. The van der Waals surface area contributed by atoms with Crippen LogP contribution in [0.5, 0.6) is 0 Å². The lowest BCUT2D eigenvalue weighted by molar-refractivity contribution is -0.137. The molecule has 0 saturated heterocycles. The van der Waals surface area contributed by atoms with E-state index in [-0.39, 0.29) is 6.42 Å². The van der Waals surface area contributed by atoms with Gasteiger partial charge in [0, 0.05) is 31.3 Å². The largest absolute Gasteiger partial charge is 0.348 e. The Balaban J connectivity index is 1.61. The van der Waals surface area contributed by atoms with E-state index in [0.717, 1.165) is 16.8 Å². The lowest BCUT2D eigenvalue weighted by Gasteiger charge is -2.34. The topological polar surface area (TPSA) is 66.3 Å². The standard InChI is InChI=1S/C18H17F2N5O/c1-10-3-2-5-25-14(10)7-13(23-25)16-15-12(21-9-22-15)4-6-24(16)17(26)11-8-18(11,19)20/h2-3,5,7,9,11,16H,4,6,8H2,1H3,(H,21,22)/t11-,16+/m1/s1. The summed E-state index contributed by atoms with van der Waals surface area (Å²) in [6.45, 7) is 2.35. The van der Waals surface area contributed by atoms with Crippen LogP contribution in [0.15, 0.2) is 30.7 Å². The first-order chi connectivity index (χ1) is 12.5. The molecule has 1 N–H and O–H groups in total. The van der Waals surface area contributed by atoms with Crippen molar-refractivity contribution in [3.63, 3.8) is 0 Å². The second-order valence-electron chi connectivity index (χ2n) is 7.06. The van der Waals surface area contributed by atoms with Crippen LogP contribution in [-0.4, -0.2) is 42.9 Å². The summed E-state index contributed by atoms with van der Waals surface area (Å²) in [7, 11) is 0. The van der Waals surface area contributed by atoms with E-state index >= 15 is 0 Å². The van der Waals surface area contributed by atoms with E-state index in [1.807, 2.05) is 31.3 Å². The predicted octanol–water partition coefficient (Wildman–Crippen LogP) is 2.50. The molecule has 5 rings (SSSR count). The van der Waals surface area contributed by atoms with Crippen LogP contribution in [0.2, 0.25) is 0 Å². The summed E-state index contributed by atoms with van der Waals surface area (Å²) in [6, 6.07) is 5.24. The Labute approximate surface area is 147 Å². The van der Waals surface area contributed by atoms with E-state index in [4.69, 9.17) is 0 Å². The minimum absolute atomic E-state index is 0.368. The average molecular weight is 357 g/mol. The van der Waals surface area contributed by atoms with Gasteiger partial charge in [-0.05, 0) is 24.6 Å². The zero-order chi connectivity index (χ0) is 18.1. The maximum atomic E-state index is 13.5. The van der Waals surface area contributed by atoms with Crippen molar-refractivity contribution < 1.29 is 13.6 Å². The predicted molar refractivity (Wildman–Crippen MR) is 88.8 cm³/mol. The van der Waals surface area contributed by atoms with E-state index in [1.54, 1.807) is 10.8 Å². The van der Waals surface area contributed by atoms with Gasteiger partial charge < -0.3 is 9.88 Å². The molecular formula is C18H17F2N5O. The molecule has 1 aliphatic carbocycles.